The van der Waals surface area contributed by atoms with E-state index in [9.17, 15) is 14.7 Å². The van der Waals surface area contributed by atoms with E-state index in [4.69, 9.17) is 4.74 Å². The molecule has 0 spiro atoms. The van der Waals surface area contributed by atoms with Crippen LogP contribution in [0.25, 0.3) is 11.4 Å². The van der Waals surface area contributed by atoms with Crippen LogP contribution >= 0.6 is 0 Å². The summed E-state index contributed by atoms with van der Waals surface area (Å²) in [5, 5.41) is 12.2. The zero-order chi connectivity index (χ0) is 24.7. The van der Waals surface area contributed by atoms with Gasteiger partial charge in [-0.25, -0.2) is 9.78 Å². The first-order valence-corrected chi connectivity index (χ1v) is 11.7. The van der Waals surface area contributed by atoms with Crippen LogP contribution in [-0.4, -0.2) is 32.1 Å². The first-order valence-electron chi connectivity index (χ1n) is 11.7. The second kappa shape index (κ2) is 11.0. The molecular formula is C27H33N3O4. The first kappa shape index (κ1) is 25.0. The van der Waals surface area contributed by atoms with Gasteiger partial charge in [0.15, 0.2) is 5.60 Å². The number of carboxylic acids is 1. The largest absolute Gasteiger partial charge is 0.478 e. The van der Waals surface area contributed by atoms with Crippen LogP contribution in [-0.2, 0) is 17.8 Å². The molecule has 2 N–H and O–H groups in total. The van der Waals surface area contributed by atoms with Gasteiger partial charge >= 0.3 is 5.97 Å². The second-order valence-electron chi connectivity index (χ2n) is 8.80. The van der Waals surface area contributed by atoms with Crippen LogP contribution in [0.5, 0.6) is 5.75 Å². The average Bonchev–Trinajstić information content (AvgIpc) is 3.24. The quantitative estimate of drug-likeness (QED) is 0.351. The lowest BCUT2D eigenvalue weighted by atomic mass is 10.1. The van der Waals surface area contributed by atoms with Crippen molar-refractivity contribution < 1.29 is 19.4 Å². The maximum absolute atomic E-state index is 12.9. The Kier molecular flexibility index (Phi) is 8.10. The number of carbonyl (C=O) groups excluding carboxylic acids is 1. The van der Waals surface area contributed by atoms with E-state index in [0.717, 1.165) is 43.5 Å². The van der Waals surface area contributed by atoms with Gasteiger partial charge in [0, 0.05) is 24.0 Å². The number of anilines is 1. The predicted octanol–water partition coefficient (Wildman–Crippen LogP) is 5.80. The lowest BCUT2D eigenvalue weighted by Crippen LogP contribution is -2.37. The number of aryl methyl sites for hydroxylation is 2. The number of amides is 1. The minimum Gasteiger partial charge on any atom is -0.478 e. The number of aliphatic carboxylic acids is 1. The van der Waals surface area contributed by atoms with E-state index < -0.39 is 11.6 Å². The Hall–Kier alpha value is -3.61. The van der Waals surface area contributed by atoms with Crippen molar-refractivity contribution >= 4 is 17.6 Å². The molecule has 0 bridgehead atoms. The van der Waals surface area contributed by atoms with Gasteiger partial charge < -0.3 is 19.7 Å². The molecule has 1 aromatic heterocycles. The summed E-state index contributed by atoms with van der Waals surface area (Å²) in [6, 6.07) is 14.9. The molecule has 0 atom stereocenters. The van der Waals surface area contributed by atoms with Crippen LogP contribution < -0.4 is 10.1 Å². The zero-order valence-corrected chi connectivity index (χ0v) is 20.3. The molecule has 0 aliphatic rings. The maximum atomic E-state index is 12.9. The summed E-state index contributed by atoms with van der Waals surface area (Å²) in [4.78, 5) is 28.9. The monoisotopic (exact) mass is 463 g/mol. The van der Waals surface area contributed by atoms with Crippen molar-refractivity contribution in [3.63, 3.8) is 0 Å². The standard InChI is InChI=1S/C27H33N3O4/c1-5-7-8-17-30-18-23(25(31)28-21-13-9-19(6-2)10-14-21)29-24(30)20-11-15-22(16-12-20)34-27(3,4)26(32)33/h9-16,18H,5-8,17H2,1-4H3,(H,28,31)(H,32,33). The molecule has 180 valence electrons. The third-order valence-electron chi connectivity index (χ3n) is 5.63. The number of imidazole rings is 1. The molecule has 0 radical (unpaired) electrons. The fourth-order valence-corrected chi connectivity index (χ4v) is 3.49. The number of carbonyl (C=O) groups is 2. The summed E-state index contributed by atoms with van der Waals surface area (Å²) < 4.78 is 7.60. The van der Waals surface area contributed by atoms with E-state index in [-0.39, 0.29) is 5.91 Å². The summed E-state index contributed by atoms with van der Waals surface area (Å²) in [5.41, 5.74) is 1.77. The third kappa shape index (κ3) is 6.25. The van der Waals surface area contributed by atoms with Crippen molar-refractivity contribution in [2.24, 2.45) is 0 Å². The van der Waals surface area contributed by atoms with Crippen LogP contribution in [0, 0.1) is 0 Å². The number of hydrogen-bond acceptors (Lipinski definition) is 4. The first-order chi connectivity index (χ1) is 16.2. The van der Waals surface area contributed by atoms with Crippen LogP contribution in [0.1, 0.15) is 63.0 Å². The predicted molar refractivity (Wildman–Crippen MR) is 133 cm³/mol. The van der Waals surface area contributed by atoms with E-state index >= 15 is 0 Å². The van der Waals surface area contributed by atoms with Gasteiger partial charge in [-0.2, -0.15) is 0 Å². The van der Waals surface area contributed by atoms with E-state index in [1.54, 1.807) is 18.3 Å². The summed E-state index contributed by atoms with van der Waals surface area (Å²) >= 11 is 0. The molecule has 1 heterocycles. The number of nitrogens with zero attached hydrogens (tertiary/aromatic N) is 2. The molecule has 0 fully saturated rings. The molecule has 2 aromatic carbocycles. The van der Waals surface area contributed by atoms with Gasteiger partial charge in [0.05, 0.1) is 0 Å². The molecule has 7 nitrogen and oxygen atoms in total. The Morgan fingerprint density at radius 2 is 1.71 bits per heavy atom. The van der Waals surface area contributed by atoms with E-state index in [1.807, 2.05) is 41.0 Å². The number of rotatable bonds is 11. The Morgan fingerprint density at radius 3 is 2.29 bits per heavy atom. The number of nitrogens with one attached hydrogen (secondary N) is 1. The highest BCUT2D eigenvalue weighted by Gasteiger charge is 2.29. The second-order valence-corrected chi connectivity index (χ2v) is 8.80. The highest BCUT2D eigenvalue weighted by Crippen LogP contribution is 2.25. The minimum absolute atomic E-state index is 0.261. The smallest absolute Gasteiger partial charge is 0.347 e. The van der Waals surface area contributed by atoms with Crippen molar-refractivity contribution in [3.8, 4) is 17.1 Å². The van der Waals surface area contributed by atoms with Crippen molar-refractivity contribution in [1.82, 2.24) is 9.55 Å². The molecule has 0 unspecified atom stereocenters. The van der Waals surface area contributed by atoms with Crippen LogP contribution in [0.15, 0.2) is 54.7 Å². The average molecular weight is 464 g/mol. The van der Waals surface area contributed by atoms with Gasteiger partial charge in [0.1, 0.15) is 17.3 Å². The van der Waals surface area contributed by atoms with Crippen LogP contribution in [0.4, 0.5) is 5.69 Å². The van der Waals surface area contributed by atoms with Gasteiger partial charge in [-0.15, -0.1) is 0 Å². The topological polar surface area (TPSA) is 93.5 Å². The Morgan fingerprint density at radius 1 is 1.03 bits per heavy atom. The molecule has 7 heteroatoms. The maximum Gasteiger partial charge on any atom is 0.347 e. The third-order valence-corrected chi connectivity index (χ3v) is 5.63. The number of aromatic nitrogens is 2. The number of carboxylic acid groups (broad SMARTS) is 1. The van der Waals surface area contributed by atoms with Gasteiger partial charge in [0.25, 0.3) is 5.91 Å². The Balaban J connectivity index is 1.83. The number of benzene rings is 2. The van der Waals surface area contributed by atoms with Crippen molar-refractivity contribution in [2.75, 3.05) is 5.32 Å². The van der Waals surface area contributed by atoms with Crippen molar-refractivity contribution in [3.05, 3.63) is 66.0 Å². The fraction of sp³-hybridized carbons (Fsp3) is 0.370. The number of hydrogen-bond donors (Lipinski definition) is 2. The lowest BCUT2D eigenvalue weighted by Gasteiger charge is -2.21. The highest BCUT2D eigenvalue weighted by molar-refractivity contribution is 6.03. The van der Waals surface area contributed by atoms with E-state index in [0.29, 0.717) is 17.3 Å². The Labute approximate surface area is 200 Å². The summed E-state index contributed by atoms with van der Waals surface area (Å²) in [5.74, 6) is -0.161. The van der Waals surface area contributed by atoms with E-state index in [1.165, 1.54) is 19.4 Å². The fourth-order valence-electron chi connectivity index (χ4n) is 3.49. The lowest BCUT2D eigenvalue weighted by molar-refractivity contribution is -0.152. The molecule has 1 amide bonds. The molecule has 0 aliphatic carbocycles. The van der Waals surface area contributed by atoms with E-state index in [2.05, 4.69) is 24.1 Å². The molecular weight excluding hydrogens is 430 g/mol. The molecule has 0 saturated carbocycles. The van der Waals surface area contributed by atoms with Crippen molar-refractivity contribution in [2.45, 2.75) is 65.5 Å². The number of ether oxygens (including phenoxy) is 1. The molecule has 0 saturated heterocycles. The summed E-state index contributed by atoms with van der Waals surface area (Å²) in [7, 11) is 0. The van der Waals surface area contributed by atoms with Gasteiger partial charge in [-0.1, -0.05) is 38.8 Å². The van der Waals surface area contributed by atoms with Crippen LogP contribution in [0.2, 0.25) is 0 Å². The van der Waals surface area contributed by atoms with Crippen LogP contribution in [0.3, 0.4) is 0 Å². The normalized spacial score (nSPS) is 11.3. The summed E-state index contributed by atoms with van der Waals surface area (Å²) in [6.07, 6.45) is 5.89. The molecule has 34 heavy (non-hydrogen) atoms. The SMILES string of the molecule is CCCCCn1cc(C(=O)Nc2ccc(CC)cc2)nc1-c1ccc(OC(C)(C)C(=O)O)cc1. The summed E-state index contributed by atoms with van der Waals surface area (Å²) in [6.45, 7) is 7.99. The Bertz CT molecular complexity index is 1120. The van der Waals surface area contributed by atoms with Crippen molar-refractivity contribution in [1.29, 1.82) is 0 Å². The highest BCUT2D eigenvalue weighted by atomic mass is 16.5. The molecule has 0 aliphatic heterocycles. The van der Waals surface area contributed by atoms with Gasteiger partial charge in [-0.3, -0.25) is 4.79 Å². The zero-order valence-electron chi connectivity index (χ0n) is 20.3. The molecule has 3 rings (SSSR count). The molecule has 3 aromatic rings. The van der Waals surface area contributed by atoms with Gasteiger partial charge in [-0.05, 0) is 68.7 Å². The van der Waals surface area contributed by atoms with Gasteiger partial charge in [0.2, 0.25) is 0 Å². The minimum atomic E-state index is -1.33. The number of unbranched alkanes of at least 4 members (excludes halogenated alkanes) is 2.